The van der Waals surface area contributed by atoms with Gasteiger partial charge in [-0.3, -0.25) is 4.98 Å². The lowest BCUT2D eigenvalue weighted by Crippen LogP contribution is -2.19. The molecule has 1 fully saturated rings. The number of hydrogen-bond acceptors (Lipinski definition) is 5. The number of ether oxygens (including phenoxy) is 1. The summed E-state index contributed by atoms with van der Waals surface area (Å²) in [5.74, 6) is -0.979. The number of carbonyl (C=O) groups is 1. The third kappa shape index (κ3) is 4.43. The van der Waals surface area contributed by atoms with Crippen molar-refractivity contribution < 1.29 is 14.6 Å². The van der Waals surface area contributed by atoms with Crippen LogP contribution in [0.5, 0.6) is 0 Å². The van der Waals surface area contributed by atoms with Crippen LogP contribution in [-0.2, 0) is 4.74 Å². The average molecular weight is 455 g/mol. The van der Waals surface area contributed by atoms with Crippen molar-refractivity contribution in [1.82, 2.24) is 14.8 Å². The molecule has 34 heavy (non-hydrogen) atoms. The minimum Gasteiger partial charge on any atom is -0.478 e. The second-order valence-electron chi connectivity index (χ2n) is 8.42. The zero-order valence-electron chi connectivity index (χ0n) is 18.9. The van der Waals surface area contributed by atoms with E-state index in [0.717, 1.165) is 52.8 Å². The number of carboxylic acids is 1. The largest absolute Gasteiger partial charge is 0.478 e. The molecule has 1 saturated heterocycles. The molecule has 4 aromatic rings. The first kappa shape index (κ1) is 21.9. The van der Waals surface area contributed by atoms with Gasteiger partial charge in [-0.2, -0.15) is 5.10 Å². The zero-order valence-corrected chi connectivity index (χ0v) is 18.9. The highest BCUT2D eigenvalue weighted by molar-refractivity contribution is 6.02. The van der Waals surface area contributed by atoms with Crippen LogP contribution in [0.15, 0.2) is 60.8 Å². The fraction of sp³-hybridized carbons (Fsp3) is 0.222. The number of nitrogens with zero attached hydrogens (tertiary/aromatic N) is 3. The second kappa shape index (κ2) is 9.49. The minimum absolute atomic E-state index is 0.128. The lowest BCUT2D eigenvalue weighted by Gasteiger charge is -2.23. The first-order valence-electron chi connectivity index (χ1n) is 11.4. The van der Waals surface area contributed by atoms with Crippen LogP contribution in [0, 0.1) is 6.92 Å². The third-order valence-corrected chi connectivity index (χ3v) is 5.96. The first-order valence-corrected chi connectivity index (χ1v) is 11.4. The maximum atomic E-state index is 11.7. The normalized spacial score (nSPS) is 16.2. The molecule has 172 valence electrons. The van der Waals surface area contributed by atoms with E-state index in [0.29, 0.717) is 12.3 Å². The summed E-state index contributed by atoms with van der Waals surface area (Å²) in [5, 5.41) is 18.8. The summed E-state index contributed by atoms with van der Waals surface area (Å²) in [6.07, 6.45) is 8.61. The summed E-state index contributed by atoms with van der Waals surface area (Å²) < 4.78 is 7.99. The Morgan fingerprint density at radius 2 is 1.97 bits per heavy atom. The van der Waals surface area contributed by atoms with E-state index in [1.807, 2.05) is 60.2 Å². The molecule has 7 heteroatoms. The minimum atomic E-state index is -0.979. The molecule has 0 spiro atoms. The highest BCUT2D eigenvalue weighted by Crippen LogP contribution is 2.35. The molecule has 3 heterocycles. The van der Waals surface area contributed by atoms with Crippen LogP contribution in [-0.4, -0.2) is 32.4 Å². The molecular formula is C27H26N4O3. The van der Waals surface area contributed by atoms with Gasteiger partial charge in [0.2, 0.25) is 0 Å². The molecule has 2 N–H and O–H groups in total. The van der Waals surface area contributed by atoms with E-state index in [1.54, 1.807) is 24.4 Å². The number of aryl methyl sites for hydroxylation is 1. The number of pyridine rings is 1. The van der Waals surface area contributed by atoms with Crippen molar-refractivity contribution in [3.05, 3.63) is 83.3 Å². The molecule has 0 saturated carbocycles. The maximum absolute atomic E-state index is 11.7. The van der Waals surface area contributed by atoms with Gasteiger partial charge < -0.3 is 15.2 Å². The number of rotatable bonds is 6. The lowest BCUT2D eigenvalue weighted by molar-refractivity contribution is -0.0367. The lowest BCUT2D eigenvalue weighted by atomic mass is 10.1. The number of aromatic nitrogens is 3. The van der Waals surface area contributed by atoms with Crippen LogP contribution in [0.2, 0.25) is 0 Å². The number of fused-ring (bicyclic) bond motifs is 1. The summed E-state index contributed by atoms with van der Waals surface area (Å²) in [6, 6.07) is 16.8. The van der Waals surface area contributed by atoms with Crippen LogP contribution in [0.1, 0.15) is 52.8 Å². The summed E-state index contributed by atoms with van der Waals surface area (Å²) in [4.78, 5) is 16.2. The van der Waals surface area contributed by atoms with Gasteiger partial charge in [0.25, 0.3) is 0 Å². The predicted octanol–water partition coefficient (Wildman–Crippen LogP) is 6.05. The number of anilines is 2. The average Bonchev–Trinajstić information content (AvgIpc) is 3.23. The molecule has 7 nitrogen and oxygen atoms in total. The third-order valence-electron chi connectivity index (χ3n) is 5.96. The van der Waals surface area contributed by atoms with Crippen LogP contribution in [0.25, 0.3) is 23.1 Å². The maximum Gasteiger partial charge on any atom is 0.337 e. The summed E-state index contributed by atoms with van der Waals surface area (Å²) in [5.41, 5.74) is 5.20. The van der Waals surface area contributed by atoms with E-state index in [9.17, 15) is 9.90 Å². The van der Waals surface area contributed by atoms with Gasteiger partial charge in [-0.05, 0) is 80.3 Å². The van der Waals surface area contributed by atoms with Gasteiger partial charge in [-0.1, -0.05) is 18.2 Å². The van der Waals surface area contributed by atoms with Gasteiger partial charge in [0.15, 0.2) is 6.23 Å². The molecule has 1 aliphatic rings. The van der Waals surface area contributed by atoms with Gasteiger partial charge >= 0.3 is 5.97 Å². The summed E-state index contributed by atoms with van der Waals surface area (Å²) in [7, 11) is 0. The van der Waals surface area contributed by atoms with Crippen LogP contribution in [0.3, 0.4) is 0 Å². The van der Waals surface area contributed by atoms with E-state index in [1.165, 1.54) is 0 Å². The second-order valence-corrected chi connectivity index (χ2v) is 8.42. The predicted molar refractivity (Wildman–Crippen MR) is 133 cm³/mol. The number of para-hydroxylation sites is 1. The Morgan fingerprint density at radius 3 is 2.76 bits per heavy atom. The van der Waals surface area contributed by atoms with E-state index in [2.05, 4.69) is 10.3 Å². The topological polar surface area (TPSA) is 89.3 Å². The van der Waals surface area contributed by atoms with Gasteiger partial charge in [0.1, 0.15) is 0 Å². The molecule has 1 unspecified atom stereocenters. The molecule has 1 atom stereocenters. The molecule has 1 aliphatic heterocycles. The Balaban J connectivity index is 1.63. The van der Waals surface area contributed by atoms with Gasteiger partial charge in [-0.25, -0.2) is 9.48 Å². The molecular weight excluding hydrogens is 428 g/mol. The number of nitrogens with one attached hydrogen (secondary N) is 1. The molecule has 0 amide bonds. The monoisotopic (exact) mass is 454 g/mol. The Hall–Kier alpha value is -3.97. The molecule has 2 aromatic carbocycles. The zero-order chi connectivity index (χ0) is 23.5. The van der Waals surface area contributed by atoms with E-state index in [-0.39, 0.29) is 11.8 Å². The van der Waals surface area contributed by atoms with Crippen molar-refractivity contribution >= 4 is 40.4 Å². The Kier molecular flexibility index (Phi) is 6.10. The smallest absolute Gasteiger partial charge is 0.337 e. The summed E-state index contributed by atoms with van der Waals surface area (Å²) in [6.45, 7) is 2.75. The Morgan fingerprint density at radius 1 is 1.12 bits per heavy atom. The number of carboxylic acid groups (broad SMARTS) is 1. The van der Waals surface area contributed by atoms with Gasteiger partial charge in [0, 0.05) is 12.8 Å². The SMILES string of the molecule is Cc1ccnc(C=Cc2nn(C3CCCCO3)c3cccc(Nc4ccccc4C(=O)O)c23)c1. The molecule has 0 radical (unpaired) electrons. The van der Waals surface area contributed by atoms with Crippen LogP contribution in [0.4, 0.5) is 11.4 Å². The fourth-order valence-corrected chi connectivity index (χ4v) is 4.32. The van der Waals surface area contributed by atoms with E-state index in [4.69, 9.17) is 9.84 Å². The molecule has 0 bridgehead atoms. The van der Waals surface area contributed by atoms with Crippen molar-refractivity contribution in [3.63, 3.8) is 0 Å². The molecule has 2 aromatic heterocycles. The summed E-state index contributed by atoms with van der Waals surface area (Å²) >= 11 is 0. The highest BCUT2D eigenvalue weighted by Gasteiger charge is 2.22. The first-order chi connectivity index (χ1) is 16.6. The fourth-order valence-electron chi connectivity index (χ4n) is 4.32. The number of aromatic carboxylic acids is 1. The van der Waals surface area contributed by atoms with Gasteiger partial charge in [-0.15, -0.1) is 0 Å². The number of benzene rings is 2. The van der Waals surface area contributed by atoms with Crippen LogP contribution < -0.4 is 5.32 Å². The van der Waals surface area contributed by atoms with Crippen molar-refractivity contribution in [2.45, 2.75) is 32.4 Å². The van der Waals surface area contributed by atoms with Crippen molar-refractivity contribution in [1.29, 1.82) is 0 Å². The Labute approximate surface area is 197 Å². The molecule has 5 rings (SSSR count). The number of hydrogen-bond donors (Lipinski definition) is 2. The van der Waals surface area contributed by atoms with Crippen molar-refractivity contribution in [2.75, 3.05) is 11.9 Å². The quantitative estimate of drug-likeness (QED) is 0.369. The van der Waals surface area contributed by atoms with E-state index >= 15 is 0 Å². The van der Waals surface area contributed by atoms with Gasteiger partial charge in [0.05, 0.1) is 39.2 Å². The van der Waals surface area contributed by atoms with Crippen molar-refractivity contribution in [3.8, 4) is 0 Å². The Bertz CT molecular complexity index is 1370. The molecule has 0 aliphatic carbocycles. The standard InChI is InChI=1S/C27H26N4O3/c1-18-14-15-28-19(17-18)12-13-23-26-22(29-21-8-3-2-7-20(21)27(32)33)9-6-10-24(26)31(30-23)25-11-4-5-16-34-25/h2-3,6-10,12-15,17,25,29H,4-5,11,16H2,1H3,(H,32,33). The van der Waals surface area contributed by atoms with Crippen LogP contribution >= 0.6 is 0 Å². The van der Waals surface area contributed by atoms with Crippen molar-refractivity contribution in [2.24, 2.45) is 0 Å². The van der Waals surface area contributed by atoms with E-state index < -0.39 is 5.97 Å². The highest BCUT2D eigenvalue weighted by atomic mass is 16.5.